The zero-order chi connectivity index (χ0) is 25.4. The van der Waals surface area contributed by atoms with Gasteiger partial charge in [0.2, 0.25) is 10.0 Å². The molecule has 1 aliphatic heterocycles. The highest BCUT2D eigenvalue weighted by atomic mass is 32.2. The van der Waals surface area contributed by atoms with E-state index >= 15 is 0 Å². The van der Waals surface area contributed by atoms with Crippen molar-refractivity contribution in [1.29, 1.82) is 0 Å². The van der Waals surface area contributed by atoms with Gasteiger partial charge in [0, 0.05) is 26.1 Å². The third-order valence-electron chi connectivity index (χ3n) is 5.08. The first-order valence-electron chi connectivity index (χ1n) is 10.1. The number of nitrogens with zero attached hydrogens (tertiary/aromatic N) is 5. The molecule has 3 aromatic rings. The molecule has 0 spiro atoms. The van der Waals surface area contributed by atoms with E-state index in [2.05, 4.69) is 19.7 Å². The molecular weight excluding hydrogens is 515 g/mol. The Morgan fingerprint density at radius 1 is 1.20 bits per heavy atom. The first kappa shape index (κ1) is 25.0. The van der Waals surface area contributed by atoms with E-state index in [1.54, 1.807) is 11.1 Å². The van der Waals surface area contributed by atoms with Crippen molar-refractivity contribution in [2.75, 3.05) is 31.1 Å². The van der Waals surface area contributed by atoms with E-state index in [9.17, 15) is 31.5 Å². The Morgan fingerprint density at radius 2 is 1.91 bits per heavy atom. The minimum Gasteiger partial charge on any atom is -0.480 e. The Hall–Kier alpha value is -3.08. The SMILES string of the molecule is O=C(O)[C@H]1CN(c2nc3nc(CCO)ncc3s2)CCN1S(=O)(=O)c1ccc(OC(F)(F)F)cc1. The van der Waals surface area contributed by atoms with Crippen LogP contribution < -0.4 is 9.64 Å². The van der Waals surface area contributed by atoms with Crippen molar-refractivity contribution < 1.29 is 41.3 Å². The molecule has 3 heterocycles. The minimum absolute atomic E-state index is 0.120. The zero-order valence-electron chi connectivity index (χ0n) is 17.7. The standard InChI is InChI=1S/C19H18F3N5O6S2/c20-19(21,22)33-11-1-3-12(4-2-11)35(31,32)27-7-6-26(10-13(27)17(29)30)18-25-16-14(34-18)9-23-15(24-16)5-8-28/h1-4,9,13,28H,5-8,10H2,(H,29,30)/t13-/m1/s1. The number of sulfonamides is 1. The van der Waals surface area contributed by atoms with Crippen molar-refractivity contribution in [2.24, 2.45) is 0 Å². The first-order chi connectivity index (χ1) is 16.5. The van der Waals surface area contributed by atoms with Gasteiger partial charge >= 0.3 is 12.3 Å². The minimum atomic E-state index is -4.93. The van der Waals surface area contributed by atoms with Crippen molar-refractivity contribution in [1.82, 2.24) is 19.3 Å². The molecule has 188 valence electrons. The summed E-state index contributed by atoms with van der Waals surface area (Å²) in [6.45, 7) is -0.412. The molecule has 2 aromatic heterocycles. The van der Waals surface area contributed by atoms with Crippen LogP contribution in [0.15, 0.2) is 35.4 Å². The number of hydrogen-bond acceptors (Lipinski definition) is 10. The number of ether oxygens (including phenoxy) is 1. The smallest absolute Gasteiger partial charge is 0.480 e. The Balaban J connectivity index is 1.55. The number of aliphatic hydroxyl groups excluding tert-OH is 1. The monoisotopic (exact) mass is 533 g/mol. The first-order valence-corrected chi connectivity index (χ1v) is 12.3. The maximum atomic E-state index is 13.1. The predicted octanol–water partition coefficient (Wildman–Crippen LogP) is 1.48. The molecular formula is C19H18F3N5O6S2. The van der Waals surface area contributed by atoms with E-state index in [0.29, 0.717) is 21.3 Å². The lowest BCUT2D eigenvalue weighted by molar-refractivity contribution is -0.274. The number of aromatic nitrogens is 3. The Labute approximate surface area is 200 Å². The zero-order valence-corrected chi connectivity index (χ0v) is 19.3. The maximum Gasteiger partial charge on any atom is 0.573 e. The number of thiazole rings is 1. The lowest BCUT2D eigenvalue weighted by Gasteiger charge is -2.38. The van der Waals surface area contributed by atoms with Crippen molar-refractivity contribution in [3.8, 4) is 5.75 Å². The molecule has 16 heteroatoms. The molecule has 0 unspecified atom stereocenters. The van der Waals surface area contributed by atoms with Crippen LogP contribution in [-0.2, 0) is 21.2 Å². The topological polar surface area (TPSA) is 146 Å². The van der Waals surface area contributed by atoms with Gasteiger partial charge in [0.15, 0.2) is 10.8 Å². The van der Waals surface area contributed by atoms with Gasteiger partial charge in [-0.2, -0.15) is 9.29 Å². The largest absolute Gasteiger partial charge is 0.573 e. The fourth-order valence-electron chi connectivity index (χ4n) is 3.49. The number of carboxylic acids is 1. The van der Waals surface area contributed by atoms with Gasteiger partial charge in [-0.1, -0.05) is 11.3 Å². The van der Waals surface area contributed by atoms with Crippen LogP contribution in [0.1, 0.15) is 5.82 Å². The van der Waals surface area contributed by atoms with Gasteiger partial charge in [0.05, 0.1) is 22.4 Å². The summed E-state index contributed by atoms with van der Waals surface area (Å²) in [4.78, 5) is 26.0. The average Bonchev–Trinajstić information content (AvgIpc) is 3.21. The number of hydrogen-bond donors (Lipinski definition) is 2. The molecule has 0 bridgehead atoms. The van der Waals surface area contributed by atoms with E-state index in [1.807, 2.05) is 0 Å². The Morgan fingerprint density at radius 3 is 2.54 bits per heavy atom. The van der Waals surface area contributed by atoms with Gasteiger partial charge in [-0.15, -0.1) is 13.2 Å². The number of halogens is 3. The highest BCUT2D eigenvalue weighted by Crippen LogP contribution is 2.31. The molecule has 0 radical (unpaired) electrons. The Bertz CT molecular complexity index is 1330. The lowest BCUT2D eigenvalue weighted by atomic mass is 10.2. The van der Waals surface area contributed by atoms with Crippen molar-refractivity contribution >= 4 is 42.8 Å². The van der Waals surface area contributed by atoms with E-state index < -0.39 is 34.1 Å². The summed E-state index contributed by atoms with van der Waals surface area (Å²) in [6, 6.07) is 2.08. The van der Waals surface area contributed by atoms with E-state index in [0.717, 1.165) is 28.6 Å². The highest BCUT2D eigenvalue weighted by Gasteiger charge is 2.41. The number of aliphatic carboxylic acids is 1. The number of carboxylic acid groups (broad SMARTS) is 1. The third-order valence-corrected chi connectivity index (χ3v) is 8.04. The molecule has 4 rings (SSSR count). The lowest BCUT2D eigenvalue weighted by Crippen LogP contribution is -2.58. The number of aliphatic hydroxyl groups is 1. The molecule has 0 aliphatic carbocycles. The summed E-state index contributed by atoms with van der Waals surface area (Å²) >= 11 is 1.22. The van der Waals surface area contributed by atoms with Gasteiger partial charge in [-0.3, -0.25) is 4.79 Å². The number of alkyl halides is 3. The molecule has 1 saturated heterocycles. The molecule has 1 aromatic carbocycles. The van der Waals surface area contributed by atoms with Gasteiger partial charge < -0.3 is 19.8 Å². The van der Waals surface area contributed by atoms with Crippen LogP contribution in [0.25, 0.3) is 10.3 Å². The second-order valence-corrected chi connectivity index (χ2v) is 10.3. The molecule has 1 aliphatic rings. The van der Waals surface area contributed by atoms with Crippen LogP contribution in [0.5, 0.6) is 5.75 Å². The second-order valence-electron chi connectivity index (χ2n) is 7.38. The van der Waals surface area contributed by atoms with Gasteiger partial charge in [-0.25, -0.2) is 18.4 Å². The molecule has 1 atom stereocenters. The van der Waals surface area contributed by atoms with Gasteiger partial charge in [0.1, 0.15) is 17.6 Å². The van der Waals surface area contributed by atoms with Gasteiger partial charge in [-0.05, 0) is 24.3 Å². The van der Waals surface area contributed by atoms with Crippen LogP contribution >= 0.6 is 11.3 Å². The molecule has 1 fully saturated rings. The normalized spacial score (nSPS) is 17.6. The van der Waals surface area contributed by atoms with Crippen molar-refractivity contribution in [3.63, 3.8) is 0 Å². The van der Waals surface area contributed by atoms with Crippen LogP contribution in [0, 0.1) is 0 Å². The van der Waals surface area contributed by atoms with Crippen LogP contribution in [0.4, 0.5) is 18.3 Å². The van der Waals surface area contributed by atoms with Crippen LogP contribution in [0.2, 0.25) is 0 Å². The van der Waals surface area contributed by atoms with Crippen LogP contribution in [-0.4, -0.2) is 82.5 Å². The number of benzene rings is 1. The van der Waals surface area contributed by atoms with E-state index in [-0.39, 0.29) is 37.6 Å². The average molecular weight is 534 g/mol. The highest BCUT2D eigenvalue weighted by molar-refractivity contribution is 7.89. The summed E-state index contributed by atoms with van der Waals surface area (Å²) in [5.74, 6) is -1.58. The molecule has 2 N–H and O–H groups in total. The summed E-state index contributed by atoms with van der Waals surface area (Å²) in [5.41, 5.74) is 0.381. The number of anilines is 1. The molecule has 0 amide bonds. The van der Waals surface area contributed by atoms with Crippen molar-refractivity contribution in [3.05, 3.63) is 36.3 Å². The van der Waals surface area contributed by atoms with Crippen LogP contribution in [0.3, 0.4) is 0 Å². The van der Waals surface area contributed by atoms with E-state index in [1.165, 1.54) is 11.3 Å². The predicted molar refractivity (Wildman–Crippen MR) is 117 cm³/mol. The second kappa shape index (κ2) is 9.52. The fraction of sp³-hybridized carbons (Fsp3) is 0.368. The summed E-state index contributed by atoms with van der Waals surface area (Å²) in [6.07, 6.45) is -3.13. The third kappa shape index (κ3) is 5.44. The molecule has 0 saturated carbocycles. The number of fused-ring (bicyclic) bond motifs is 1. The van der Waals surface area contributed by atoms with Gasteiger partial charge in [0.25, 0.3) is 0 Å². The number of carbonyl (C=O) groups is 1. The van der Waals surface area contributed by atoms with Crippen molar-refractivity contribution in [2.45, 2.75) is 23.7 Å². The summed E-state index contributed by atoms with van der Waals surface area (Å²) < 4.78 is 68.5. The summed E-state index contributed by atoms with van der Waals surface area (Å²) in [5, 5.41) is 19.2. The quantitative estimate of drug-likeness (QED) is 0.458. The molecule has 35 heavy (non-hydrogen) atoms. The number of piperazine rings is 1. The molecule has 11 nitrogen and oxygen atoms in total. The fourth-order valence-corrected chi connectivity index (χ4v) is 5.97. The summed E-state index contributed by atoms with van der Waals surface area (Å²) in [7, 11) is -4.33. The number of rotatable bonds is 7. The maximum absolute atomic E-state index is 13.1. The van der Waals surface area contributed by atoms with E-state index in [4.69, 9.17) is 5.11 Å². The Kier molecular flexibility index (Phi) is 6.81.